The van der Waals surface area contributed by atoms with E-state index in [0.29, 0.717) is 29.3 Å². The van der Waals surface area contributed by atoms with Gasteiger partial charge in [-0.3, -0.25) is 9.78 Å². The van der Waals surface area contributed by atoms with Gasteiger partial charge in [0.05, 0.1) is 5.52 Å². The molecule has 5 atom stereocenters. The Morgan fingerprint density at radius 1 is 1.12 bits per heavy atom. The first kappa shape index (κ1) is 21.5. The summed E-state index contributed by atoms with van der Waals surface area (Å²) >= 11 is 5.85. The summed E-state index contributed by atoms with van der Waals surface area (Å²) in [6.45, 7) is 0. The monoisotopic (exact) mass is 452 g/mol. The van der Waals surface area contributed by atoms with Crippen molar-refractivity contribution in [3.05, 3.63) is 70.9 Å². The van der Waals surface area contributed by atoms with E-state index in [1.165, 1.54) is 11.6 Å². The first-order valence-electron chi connectivity index (χ1n) is 11.2. The minimum atomic E-state index is -0.384. The molecule has 2 aliphatic carbocycles. The summed E-state index contributed by atoms with van der Waals surface area (Å²) in [4.78, 5) is 21.4. The summed E-state index contributed by atoms with van der Waals surface area (Å²) in [5.74, 6) is 1.69. The van der Waals surface area contributed by atoms with Crippen LogP contribution in [0.4, 0.5) is 4.39 Å². The Bertz CT molecular complexity index is 1120. The topological polar surface area (TPSA) is 52.1 Å². The van der Waals surface area contributed by atoms with Crippen LogP contribution in [-0.2, 0) is 16.0 Å². The lowest BCUT2D eigenvalue weighted by Gasteiger charge is -2.23. The van der Waals surface area contributed by atoms with E-state index >= 15 is 0 Å². The van der Waals surface area contributed by atoms with E-state index in [-0.39, 0.29) is 23.6 Å². The Balaban J connectivity index is 1.26. The molecule has 1 aromatic carbocycles. The molecule has 2 saturated carbocycles. The fourth-order valence-electron chi connectivity index (χ4n) is 6.06. The van der Waals surface area contributed by atoms with Crippen LogP contribution in [0, 0.1) is 23.6 Å². The smallest absolute Gasteiger partial charge is 0.166 e. The number of ketones is 1. The number of halogens is 2. The standard InChI is InChI=1S/C26H26ClFN2O2/c1-32-26(24(31)8-15-2-5-25(27)30-14-15)19-11-16-9-18(10-17(16)12-19)21-6-7-29-23-4-3-20(28)13-22(21)23/h2-7,13-14,16-19,26H,8-12H2,1H3/t16-,17+,18?,19?,26?. The number of fused-ring (bicyclic) bond motifs is 2. The molecule has 4 nitrogen and oxygen atoms in total. The third-order valence-electron chi connectivity index (χ3n) is 7.40. The van der Waals surface area contributed by atoms with Gasteiger partial charge in [0.15, 0.2) is 5.78 Å². The molecule has 0 spiro atoms. The molecule has 0 N–H and O–H groups in total. The van der Waals surface area contributed by atoms with Gasteiger partial charge in [-0.2, -0.15) is 0 Å². The molecule has 32 heavy (non-hydrogen) atoms. The maximum atomic E-state index is 13.9. The minimum absolute atomic E-state index is 0.105. The zero-order valence-electron chi connectivity index (χ0n) is 18.0. The number of Topliss-reactive ketones (excluding diaryl/α,β-unsaturated/α-hetero) is 1. The van der Waals surface area contributed by atoms with Gasteiger partial charge in [-0.05, 0) is 90.8 Å². The van der Waals surface area contributed by atoms with Crippen LogP contribution in [-0.4, -0.2) is 29.0 Å². The molecule has 2 aliphatic rings. The number of carbonyl (C=O) groups excluding carboxylic acids is 1. The fourth-order valence-corrected chi connectivity index (χ4v) is 6.17. The SMILES string of the molecule is COC(C(=O)Cc1ccc(Cl)nc1)C1C[C@H]2CC(c3ccnc4ccc(F)cc34)C[C@H]2C1. The zero-order valence-corrected chi connectivity index (χ0v) is 18.8. The van der Waals surface area contributed by atoms with Crippen molar-refractivity contribution in [3.8, 4) is 0 Å². The van der Waals surface area contributed by atoms with Crippen LogP contribution in [0.2, 0.25) is 5.15 Å². The van der Waals surface area contributed by atoms with Gasteiger partial charge in [-0.25, -0.2) is 9.37 Å². The Labute approximate surface area is 192 Å². The van der Waals surface area contributed by atoms with Crippen molar-refractivity contribution in [3.63, 3.8) is 0 Å². The molecule has 2 fully saturated rings. The van der Waals surface area contributed by atoms with Gasteiger partial charge in [0.2, 0.25) is 0 Å². The van der Waals surface area contributed by atoms with Gasteiger partial charge >= 0.3 is 0 Å². The second-order valence-corrected chi connectivity index (χ2v) is 9.66. The molecule has 3 aromatic rings. The number of benzene rings is 1. The van der Waals surface area contributed by atoms with E-state index in [2.05, 4.69) is 9.97 Å². The molecular weight excluding hydrogens is 427 g/mol. The molecule has 0 bridgehead atoms. The summed E-state index contributed by atoms with van der Waals surface area (Å²) in [7, 11) is 1.64. The molecular formula is C26H26ClFN2O2. The Kier molecular flexibility index (Phi) is 5.95. The summed E-state index contributed by atoms with van der Waals surface area (Å²) in [5, 5.41) is 1.35. The Morgan fingerprint density at radius 3 is 2.59 bits per heavy atom. The molecule has 2 aromatic heterocycles. The van der Waals surface area contributed by atoms with Gasteiger partial charge in [0, 0.05) is 31.3 Å². The number of hydrogen-bond donors (Lipinski definition) is 0. The van der Waals surface area contributed by atoms with Crippen molar-refractivity contribution >= 4 is 28.3 Å². The van der Waals surface area contributed by atoms with Crippen molar-refractivity contribution < 1.29 is 13.9 Å². The highest BCUT2D eigenvalue weighted by Crippen LogP contribution is 2.54. The second kappa shape index (κ2) is 8.87. The molecule has 0 amide bonds. The molecule has 3 unspecified atom stereocenters. The van der Waals surface area contributed by atoms with Crippen molar-refractivity contribution in [2.45, 2.75) is 44.1 Å². The van der Waals surface area contributed by atoms with Crippen LogP contribution in [0.15, 0.2) is 48.8 Å². The largest absolute Gasteiger partial charge is 0.373 e. The summed E-state index contributed by atoms with van der Waals surface area (Å²) in [5.41, 5.74) is 2.91. The van der Waals surface area contributed by atoms with Crippen LogP contribution >= 0.6 is 11.6 Å². The number of methoxy groups -OCH3 is 1. The van der Waals surface area contributed by atoms with Crippen molar-refractivity contribution in [1.29, 1.82) is 0 Å². The molecule has 0 radical (unpaired) electrons. The summed E-state index contributed by atoms with van der Waals surface area (Å²) < 4.78 is 19.6. The van der Waals surface area contributed by atoms with Gasteiger partial charge in [0.25, 0.3) is 0 Å². The predicted octanol–water partition coefficient (Wildman–Crippen LogP) is 5.77. The maximum absolute atomic E-state index is 13.9. The summed E-state index contributed by atoms with van der Waals surface area (Å²) in [6.07, 6.45) is 7.56. The molecule has 0 aliphatic heterocycles. The predicted molar refractivity (Wildman–Crippen MR) is 122 cm³/mol. The number of hydrogen-bond acceptors (Lipinski definition) is 4. The normalized spacial score (nSPS) is 25.7. The average molecular weight is 453 g/mol. The molecule has 6 heteroatoms. The average Bonchev–Trinajstić information content (AvgIpc) is 3.35. The van der Waals surface area contributed by atoms with Gasteiger partial charge in [0.1, 0.15) is 17.1 Å². The molecule has 2 heterocycles. The lowest BCUT2D eigenvalue weighted by molar-refractivity contribution is -0.131. The number of aromatic nitrogens is 2. The highest BCUT2D eigenvalue weighted by Gasteiger charge is 2.45. The van der Waals surface area contributed by atoms with Crippen LogP contribution in [0.3, 0.4) is 0 Å². The zero-order chi connectivity index (χ0) is 22.2. The second-order valence-electron chi connectivity index (χ2n) is 9.27. The van der Waals surface area contributed by atoms with E-state index < -0.39 is 0 Å². The lowest BCUT2D eigenvalue weighted by Crippen LogP contribution is -2.32. The van der Waals surface area contributed by atoms with Crippen LogP contribution in [0.1, 0.15) is 42.7 Å². The van der Waals surface area contributed by atoms with Crippen molar-refractivity contribution in [2.75, 3.05) is 7.11 Å². The highest BCUT2D eigenvalue weighted by atomic mass is 35.5. The van der Waals surface area contributed by atoms with Crippen LogP contribution in [0.5, 0.6) is 0 Å². The maximum Gasteiger partial charge on any atom is 0.166 e. The molecule has 166 valence electrons. The van der Waals surface area contributed by atoms with Gasteiger partial charge in [-0.1, -0.05) is 17.7 Å². The number of nitrogens with zero attached hydrogens (tertiary/aromatic N) is 2. The lowest BCUT2D eigenvalue weighted by atomic mass is 9.87. The van der Waals surface area contributed by atoms with E-state index in [4.69, 9.17) is 16.3 Å². The van der Waals surface area contributed by atoms with Crippen LogP contribution < -0.4 is 0 Å². The van der Waals surface area contributed by atoms with Crippen molar-refractivity contribution in [1.82, 2.24) is 9.97 Å². The van der Waals surface area contributed by atoms with Gasteiger partial charge in [-0.15, -0.1) is 0 Å². The Morgan fingerprint density at radius 2 is 1.91 bits per heavy atom. The van der Waals surface area contributed by atoms with Crippen LogP contribution in [0.25, 0.3) is 10.9 Å². The van der Waals surface area contributed by atoms with Gasteiger partial charge < -0.3 is 4.74 Å². The molecule has 0 saturated heterocycles. The quantitative estimate of drug-likeness (QED) is 0.445. The van der Waals surface area contributed by atoms with E-state index in [9.17, 15) is 9.18 Å². The molecule has 5 rings (SSSR count). The van der Waals surface area contributed by atoms with E-state index in [1.54, 1.807) is 31.5 Å². The number of rotatable bonds is 6. The third kappa shape index (κ3) is 4.16. The summed E-state index contributed by atoms with van der Waals surface area (Å²) in [6, 6.07) is 10.4. The van der Waals surface area contributed by atoms with Crippen molar-refractivity contribution in [2.24, 2.45) is 17.8 Å². The van der Waals surface area contributed by atoms with E-state index in [1.807, 2.05) is 18.3 Å². The first-order valence-corrected chi connectivity index (χ1v) is 11.6. The Hall–Kier alpha value is -2.37. The number of ether oxygens (including phenoxy) is 1. The third-order valence-corrected chi connectivity index (χ3v) is 7.62. The minimum Gasteiger partial charge on any atom is -0.373 e. The highest BCUT2D eigenvalue weighted by molar-refractivity contribution is 6.29. The van der Waals surface area contributed by atoms with E-state index in [0.717, 1.165) is 42.1 Å². The first-order chi connectivity index (χ1) is 15.5. The number of carbonyl (C=O) groups is 1. The number of pyridine rings is 2. The fraction of sp³-hybridized carbons (Fsp3) is 0.423.